The summed E-state index contributed by atoms with van der Waals surface area (Å²) in [6.45, 7) is 0.228. The van der Waals surface area contributed by atoms with E-state index in [4.69, 9.17) is 18.9 Å². The van der Waals surface area contributed by atoms with Crippen molar-refractivity contribution >= 4 is 18.0 Å². The van der Waals surface area contributed by atoms with Crippen LogP contribution >= 0.6 is 0 Å². The number of carbonyl (C=O) groups excluding carboxylic acids is 2. The summed E-state index contributed by atoms with van der Waals surface area (Å²) in [5.41, 5.74) is 3.50. The Morgan fingerprint density at radius 2 is 1.80 bits per heavy atom. The van der Waals surface area contributed by atoms with Gasteiger partial charge in [-0.15, -0.1) is 0 Å². The Balaban J connectivity index is 1.74. The van der Waals surface area contributed by atoms with E-state index >= 15 is 0 Å². The van der Waals surface area contributed by atoms with Gasteiger partial charge in [0.05, 0.1) is 13.7 Å². The minimum atomic E-state index is -1.83. The largest absolute Gasteiger partial charge is 0.504 e. The van der Waals surface area contributed by atoms with Crippen molar-refractivity contribution in [2.24, 2.45) is 5.92 Å². The summed E-state index contributed by atoms with van der Waals surface area (Å²) in [5, 5.41) is 60.8. The molecule has 0 spiro atoms. The molecule has 2 aromatic rings. The van der Waals surface area contributed by atoms with Crippen molar-refractivity contribution in [1.82, 2.24) is 0 Å². The molecule has 44 heavy (non-hydrogen) atoms. The quantitative estimate of drug-likeness (QED) is 0.155. The number of hydrogen-bond acceptors (Lipinski definition) is 12. The normalized spacial score (nSPS) is 26.9. The monoisotopic (exact) mass is 616 g/mol. The highest BCUT2D eigenvalue weighted by Gasteiger charge is 2.49. The van der Waals surface area contributed by atoms with Gasteiger partial charge in [-0.2, -0.15) is 0 Å². The van der Waals surface area contributed by atoms with Crippen molar-refractivity contribution in [3.05, 3.63) is 64.2 Å². The Labute approximate surface area is 255 Å². The highest BCUT2D eigenvalue weighted by atomic mass is 16.7. The lowest BCUT2D eigenvalue weighted by atomic mass is 9.72. The molecule has 12 nitrogen and oxygen atoms in total. The molecule has 0 saturated carbocycles. The number of hydrogen-bond donors (Lipinski definition) is 6. The number of aromatic hydroxyl groups is 1. The van der Waals surface area contributed by atoms with Crippen LogP contribution in [0.2, 0.25) is 0 Å². The molecule has 0 aromatic heterocycles. The minimum Gasteiger partial charge on any atom is -0.504 e. The van der Waals surface area contributed by atoms with Gasteiger partial charge in [-0.1, -0.05) is 24.3 Å². The number of rotatable bonds is 11. The van der Waals surface area contributed by atoms with Gasteiger partial charge in [0, 0.05) is 25.7 Å². The summed E-state index contributed by atoms with van der Waals surface area (Å²) < 4.78 is 21.3. The topological polar surface area (TPSA) is 192 Å². The van der Waals surface area contributed by atoms with Crippen LogP contribution in [0.1, 0.15) is 47.9 Å². The van der Waals surface area contributed by atoms with Gasteiger partial charge in [-0.05, 0) is 78.0 Å². The number of aryl methyl sites for hydroxylation is 1. The maximum atomic E-state index is 13.9. The molecule has 0 amide bonds. The van der Waals surface area contributed by atoms with Crippen molar-refractivity contribution in [1.29, 1.82) is 0 Å². The molecule has 1 aliphatic heterocycles. The fourth-order valence-electron chi connectivity index (χ4n) is 5.93. The predicted molar refractivity (Wildman–Crippen MR) is 156 cm³/mol. The number of aliphatic hydroxyl groups is 5. The van der Waals surface area contributed by atoms with Gasteiger partial charge in [0.2, 0.25) is 0 Å². The van der Waals surface area contributed by atoms with Gasteiger partial charge in [0.15, 0.2) is 30.0 Å². The molecule has 12 heteroatoms. The van der Waals surface area contributed by atoms with Crippen LogP contribution in [0.3, 0.4) is 0 Å². The molecule has 2 aromatic carbocycles. The van der Waals surface area contributed by atoms with Gasteiger partial charge < -0.3 is 49.6 Å². The summed E-state index contributed by atoms with van der Waals surface area (Å²) >= 11 is 0. The number of esters is 2. The summed E-state index contributed by atoms with van der Waals surface area (Å²) in [6, 6.07) is 10.4. The Bertz CT molecular complexity index is 1340. The van der Waals surface area contributed by atoms with Crippen LogP contribution in [0.4, 0.5) is 0 Å². The molecule has 7 unspecified atom stereocenters. The lowest BCUT2D eigenvalue weighted by molar-refractivity contribution is -0.292. The average Bonchev–Trinajstić information content (AvgIpc) is 3.01. The highest BCUT2D eigenvalue weighted by Crippen LogP contribution is 2.42. The average molecular weight is 617 g/mol. The van der Waals surface area contributed by atoms with Gasteiger partial charge in [0.25, 0.3) is 0 Å². The SMILES string of the molecule is COc1cc(C=C(CC2c3cc(CCO)ccc3CCC2CO)C(=O)OC2C(O)OC(CO)C(O)C2OC(C)=O)ccc1O. The number of phenolic OH excluding ortho intramolecular Hbond substituents is 1. The minimum absolute atomic E-state index is 0.0364. The van der Waals surface area contributed by atoms with E-state index in [-0.39, 0.29) is 48.5 Å². The first kappa shape index (κ1) is 33.4. The van der Waals surface area contributed by atoms with Crippen molar-refractivity contribution in [3.8, 4) is 11.5 Å². The third-order valence-electron chi connectivity index (χ3n) is 8.21. The molecule has 0 bridgehead atoms. The second kappa shape index (κ2) is 15.0. The molecule has 1 fully saturated rings. The maximum Gasteiger partial charge on any atom is 0.334 e. The molecule has 6 N–H and O–H groups in total. The van der Waals surface area contributed by atoms with Crippen LogP contribution in [0, 0.1) is 5.92 Å². The van der Waals surface area contributed by atoms with Crippen molar-refractivity contribution < 1.29 is 59.2 Å². The van der Waals surface area contributed by atoms with Crippen molar-refractivity contribution in [3.63, 3.8) is 0 Å². The zero-order chi connectivity index (χ0) is 32.0. The first-order valence-corrected chi connectivity index (χ1v) is 14.5. The zero-order valence-corrected chi connectivity index (χ0v) is 24.7. The van der Waals surface area contributed by atoms with Gasteiger partial charge in [0.1, 0.15) is 12.2 Å². The van der Waals surface area contributed by atoms with Crippen molar-refractivity contribution in [2.75, 3.05) is 26.9 Å². The summed E-state index contributed by atoms with van der Waals surface area (Å²) in [4.78, 5) is 25.8. The van der Waals surface area contributed by atoms with Gasteiger partial charge >= 0.3 is 11.9 Å². The third-order valence-corrected chi connectivity index (χ3v) is 8.21. The first-order chi connectivity index (χ1) is 21.1. The van der Waals surface area contributed by atoms with E-state index in [2.05, 4.69) is 0 Å². The summed E-state index contributed by atoms with van der Waals surface area (Å²) in [5.74, 6) is -2.20. The Kier molecular flexibility index (Phi) is 11.4. The number of phenols is 1. The Hall–Kier alpha value is -3.52. The number of fused-ring (bicyclic) bond motifs is 1. The molecular weight excluding hydrogens is 576 g/mol. The summed E-state index contributed by atoms with van der Waals surface area (Å²) in [7, 11) is 1.39. The molecule has 1 aliphatic carbocycles. The second-order valence-corrected chi connectivity index (χ2v) is 11.1. The lowest BCUT2D eigenvalue weighted by Gasteiger charge is -2.41. The molecule has 4 rings (SSSR count). The number of carbonyl (C=O) groups is 2. The van der Waals surface area contributed by atoms with Crippen LogP contribution in [0.5, 0.6) is 11.5 Å². The molecule has 1 heterocycles. The summed E-state index contributed by atoms with van der Waals surface area (Å²) in [6.07, 6.45) is -4.43. The van der Waals surface area contributed by atoms with Crippen LogP contribution in [-0.4, -0.2) is 100 Å². The number of aliphatic hydroxyl groups excluding tert-OH is 5. The van der Waals surface area contributed by atoms with E-state index in [1.807, 2.05) is 18.2 Å². The first-order valence-electron chi connectivity index (χ1n) is 14.5. The number of benzene rings is 2. The van der Waals surface area contributed by atoms with Gasteiger partial charge in [-0.25, -0.2) is 4.79 Å². The fraction of sp³-hybridized carbons (Fsp3) is 0.500. The van der Waals surface area contributed by atoms with Crippen LogP contribution in [-0.2, 0) is 36.6 Å². The lowest BCUT2D eigenvalue weighted by Crippen LogP contribution is -2.61. The standard InChI is InChI=1S/C32H40O12/c1-17(36)42-29-28(38)27(16-35)43-32(40)30(29)44-31(39)22(11-19-4-8-25(37)26(13-19)41-2)14-24-21(15-34)7-6-20-5-3-18(9-10-33)12-23(20)24/h3-5,8,11-13,21,24,27-30,32-35,37-38,40H,6-7,9-10,14-16H2,1-2H3. The molecular formula is C32H40O12. The third kappa shape index (κ3) is 7.57. The Morgan fingerprint density at radius 3 is 2.45 bits per heavy atom. The predicted octanol–water partition coefficient (Wildman–Crippen LogP) is 0.961. The van der Waals surface area contributed by atoms with E-state index in [1.165, 1.54) is 25.3 Å². The molecule has 1 saturated heterocycles. The van der Waals surface area contributed by atoms with E-state index in [1.54, 1.807) is 6.07 Å². The van der Waals surface area contributed by atoms with E-state index in [9.17, 15) is 40.2 Å². The smallest absolute Gasteiger partial charge is 0.334 e. The second-order valence-electron chi connectivity index (χ2n) is 11.1. The zero-order valence-electron chi connectivity index (χ0n) is 24.7. The number of ether oxygens (including phenoxy) is 4. The Morgan fingerprint density at radius 1 is 1.02 bits per heavy atom. The molecule has 2 aliphatic rings. The van der Waals surface area contributed by atoms with E-state index in [0.29, 0.717) is 18.4 Å². The van der Waals surface area contributed by atoms with Gasteiger partial charge in [-0.3, -0.25) is 4.79 Å². The van der Waals surface area contributed by atoms with Crippen molar-refractivity contribution in [2.45, 2.75) is 69.2 Å². The highest BCUT2D eigenvalue weighted by molar-refractivity contribution is 5.94. The van der Waals surface area contributed by atoms with Crippen LogP contribution in [0.25, 0.3) is 6.08 Å². The maximum absolute atomic E-state index is 13.9. The molecule has 240 valence electrons. The van der Waals surface area contributed by atoms with E-state index in [0.717, 1.165) is 30.0 Å². The van der Waals surface area contributed by atoms with E-state index < -0.39 is 49.3 Å². The molecule has 7 atom stereocenters. The molecule has 0 radical (unpaired) electrons. The fourth-order valence-corrected chi connectivity index (χ4v) is 5.93. The van der Waals surface area contributed by atoms with Crippen LogP contribution < -0.4 is 4.74 Å². The van der Waals surface area contributed by atoms with Crippen LogP contribution in [0.15, 0.2) is 42.0 Å². The number of methoxy groups -OCH3 is 1.